The van der Waals surface area contributed by atoms with Crippen LogP contribution in [-0.2, 0) is 11.2 Å². The van der Waals surface area contributed by atoms with Crippen molar-refractivity contribution in [3.63, 3.8) is 0 Å². The number of hydrogen-bond acceptors (Lipinski definition) is 3. The van der Waals surface area contributed by atoms with Gasteiger partial charge >= 0.3 is 0 Å². The Morgan fingerprint density at radius 2 is 1.50 bits per heavy atom. The van der Waals surface area contributed by atoms with Gasteiger partial charge in [0.05, 0.1) is 5.41 Å². The van der Waals surface area contributed by atoms with Crippen LogP contribution in [0.4, 0.5) is 0 Å². The normalized spacial score (nSPS) is 15.2. The number of rotatable bonds is 5. The van der Waals surface area contributed by atoms with Crippen molar-refractivity contribution < 1.29 is 9.59 Å². The summed E-state index contributed by atoms with van der Waals surface area (Å²) in [6, 6.07) is 24.1. The van der Waals surface area contributed by atoms with E-state index in [0.29, 0.717) is 38.0 Å². The minimum absolute atomic E-state index is 0.0660. The molecule has 0 atom stereocenters. The second kappa shape index (κ2) is 9.35. The van der Waals surface area contributed by atoms with Crippen molar-refractivity contribution in [3.05, 3.63) is 90.3 Å². The van der Waals surface area contributed by atoms with E-state index in [0.717, 1.165) is 11.1 Å². The van der Waals surface area contributed by atoms with Crippen molar-refractivity contribution in [3.8, 4) is 11.1 Å². The van der Waals surface area contributed by atoms with Gasteiger partial charge in [0.15, 0.2) is 0 Å². The van der Waals surface area contributed by atoms with Crippen LogP contribution in [0.1, 0.15) is 28.9 Å². The zero-order chi connectivity index (χ0) is 22.6. The van der Waals surface area contributed by atoms with Gasteiger partial charge in [-0.25, -0.2) is 0 Å². The molecular weight excluding hydrogens is 398 g/mol. The molecular formula is C27H29N3O2. The molecule has 2 amide bonds. The number of benzene rings is 2. The summed E-state index contributed by atoms with van der Waals surface area (Å²) in [5.41, 5.74) is 3.44. The van der Waals surface area contributed by atoms with Gasteiger partial charge in [-0.2, -0.15) is 0 Å². The number of hydrogen-bond donors (Lipinski definition) is 0. The minimum Gasteiger partial charge on any atom is -0.348 e. The third-order valence-electron chi connectivity index (χ3n) is 6.36. The number of piperidine rings is 1. The van der Waals surface area contributed by atoms with Crippen molar-refractivity contribution in [2.45, 2.75) is 19.3 Å². The molecule has 0 saturated carbocycles. The molecule has 0 radical (unpaired) electrons. The van der Waals surface area contributed by atoms with Gasteiger partial charge in [-0.05, 0) is 48.1 Å². The fraction of sp³-hybridized carbons (Fsp3) is 0.296. The average molecular weight is 428 g/mol. The summed E-state index contributed by atoms with van der Waals surface area (Å²) in [6.45, 7) is 1.11. The van der Waals surface area contributed by atoms with E-state index >= 15 is 0 Å². The Morgan fingerprint density at radius 3 is 2.09 bits per heavy atom. The summed E-state index contributed by atoms with van der Waals surface area (Å²) in [7, 11) is 3.63. The van der Waals surface area contributed by atoms with E-state index in [1.54, 1.807) is 23.2 Å². The van der Waals surface area contributed by atoms with Gasteiger partial charge in [0.25, 0.3) is 5.91 Å². The van der Waals surface area contributed by atoms with Crippen LogP contribution in [0.25, 0.3) is 11.1 Å². The first-order chi connectivity index (χ1) is 15.5. The van der Waals surface area contributed by atoms with E-state index in [-0.39, 0.29) is 11.8 Å². The molecule has 1 aromatic heterocycles. The molecule has 1 fully saturated rings. The number of likely N-dealkylation sites (tertiary alicyclic amines) is 1. The van der Waals surface area contributed by atoms with Gasteiger partial charge in [-0.1, -0.05) is 60.7 Å². The summed E-state index contributed by atoms with van der Waals surface area (Å²) < 4.78 is 0. The first kappa shape index (κ1) is 21.8. The van der Waals surface area contributed by atoms with Crippen LogP contribution in [0, 0.1) is 5.41 Å². The number of aromatic nitrogens is 1. The Morgan fingerprint density at radius 1 is 0.875 bits per heavy atom. The van der Waals surface area contributed by atoms with Gasteiger partial charge in [-0.15, -0.1) is 0 Å². The molecule has 32 heavy (non-hydrogen) atoms. The van der Waals surface area contributed by atoms with Crippen molar-refractivity contribution in [1.82, 2.24) is 14.8 Å². The molecule has 1 aliphatic heterocycles. The van der Waals surface area contributed by atoms with Gasteiger partial charge in [0.1, 0.15) is 5.69 Å². The predicted molar refractivity (Wildman–Crippen MR) is 126 cm³/mol. The summed E-state index contributed by atoms with van der Waals surface area (Å²) in [5.74, 6) is 0.0679. The highest BCUT2D eigenvalue weighted by atomic mass is 16.2. The summed E-state index contributed by atoms with van der Waals surface area (Å²) >= 11 is 0. The first-order valence-electron chi connectivity index (χ1n) is 11.0. The first-order valence-corrected chi connectivity index (χ1v) is 11.0. The van der Waals surface area contributed by atoms with Crippen molar-refractivity contribution >= 4 is 11.8 Å². The fourth-order valence-corrected chi connectivity index (χ4v) is 4.57. The second-order valence-corrected chi connectivity index (χ2v) is 8.73. The SMILES string of the molecule is CN(C)C(=O)C1(Cc2ccc(-c3ccccc3)cc2)CCN(C(=O)c2ccccn2)CC1. The molecule has 5 heteroatoms. The summed E-state index contributed by atoms with van der Waals surface area (Å²) in [5, 5.41) is 0. The molecule has 1 saturated heterocycles. The van der Waals surface area contributed by atoms with Crippen LogP contribution in [0.2, 0.25) is 0 Å². The van der Waals surface area contributed by atoms with Gasteiger partial charge in [0, 0.05) is 33.4 Å². The number of carbonyl (C=O) groups excluding carboxylic acids is 2. The smallest absolute Gasteiger partial charge is 0.272 e. The summed E-state index contributed by atoms with van der Waals surface area (Å²) in [6.07, 6.45) is 3.59. The van der Waals surface area contributed by atoms with E-state index in [9.17, 15) is 9.59 Å². The minimum atomic E-state index is -0.501. The second-order valence-electron chi connectivity index (χ2n) is 8.73. The van der Waals surface area contributed by atoms with Gasteiger partial charge in [0.2, 0.25) is 5.91 Å². The highest BCUT2D eigenvalue weighted by Crippen LogP contribution is 2.37. The predicted octanol–water partition coefficient (Wildman–Crippen LogP) is 4.30. The van der Waals surface area contributed by atoms with Gasteiger partial charge in [-0.3, -0.25) is 14.6 Å². The molecule has 0 spiro atoms. The molecule has 0 bridgehead atoms. The Kier molecular flexibility index (Phi) is 6.35. The van der Waals surface area contributed by atoms with Crippen molar-refractivity contribution in [1.29, 1.82) is 0 Å². The average Bonchev–Trinajstić information content (AvgIpc) is 2.85. The Labute approximate surface area is 189 Å². The maximum atomic E-state index is 13.3. The standard InChI is InChI=1S/C27H29N3O2/c1-29(2)26(32)27(15-18-30(19-16-27)25(31)24-10-6-7-17-28-24)20-21-11-13-23(14-12-21)22-8-4-3-5-9-22/h3-14,17H,15-16,18-20H2,1-2H3. The van der Waals surface area contributed by atoms with Crippen LogP contribution in [0.5, 0.6) is 0 Å². The molecule has 3 aromatic rings. The number of pyridine rings is 1. The Bertz CT molecular complexity index is 1060. The van der Waals surface area contributed by atoms with E-state index in [1.165, 1.54) is 5.56 Å². The van der Waals surface area contributed by atoms with Gasteiger partial charge < -0.3 is 9.80 Å². The highest BCUT2D eigenvalue weighted by Gasteiger charge is 2.43. The molecule has 2 aromatic carbocycles. The Hall–Kier alpha value is -3.47. The van der Waals surface area contributed by atoms with Crippen LogP contribution >= 0.6 is 0 Å². The third kappa shape index (κ3) is 4.57. The molecule has 2 heterocycles. The molecule has 0 aliphatic carbocycles. The van der Waals surface area contributed by atoms with Crippen LogP contribution in [0.3, 0.4) is 0 Å². The Balaban J connectivity index is 1.51. The molecule has 164 valence electrons. The van der Waals surface area contributed by atoms with E-state index in [1.807, 2.05) is 43.3 Å². The van der Waals surface area contributed by atoms with Crippen LogP contribution < -0.4 is 0 Å². The molecule has 5 nitrogen and oxygen atoms in total. The van der Waals surface area contributed by atoms with Crippen LogP contribution in [-0.4, -0.2) is 53.8 Å². The topological polar surface area (TPSA) is 53.5 Å². The quantitative estimate of drug-likeness (QED) is 0.610. The molecule has 1 aliphatic rings. The largest absolute Gasteiger partial charge is 0.348 e. The summed E-state index contributed by atoms with van der Waals surface area (Å²) in [4.78, 5) is 33.8. The molecule has 0 N–H and O–H groups in total. The maximum absolute atomic E-state index is 13.3. The number of amides is 2. The van der Waals surface area contributed by atoms with Crippen LogP contribution in [0.15, 0.2) is 79.0 Å². The monoisotopic (exact) mass is 427 g/mol. The lowest BCUT2D eigenvalue weighted by molar-refractivity contribution is -0.142. The molecule has 4 rings (SSSR count). The lowest BCUT2D eigenvalue weighted by atomic mass is 9.72. The fourth-order valence-electron chi connectivity index (χ4n) is 4.57. The van der Waals surface area contributed by atoms with Crippen molar-refractivity contribution in [2.24, 2.45) is 5.41 Å². The lowest BCUT2D eigenvalue weighted by Gasteiger charge is -2.42. The third-order valence-corrected chi connectivity index (χ3v) is 6.36. The maximum Gasteiger partial charge on any atom is 0.272 e. The lowest BCUT2D eigenvalue weighted by Crippen LogP contribution is -2.51. The number of nitrogens with zero attached hydrogens (tertiary/aromatic N) is 3. The zero-order valence-electron chi connectivity index (χ0n) is 18.7. The highest BCUT2D eigenvalue weighted by molar-refractivity contribution is 5.92. The van der Waals surface area contributed by atoms with E-state index in [4.69, 9.17) is 0 Å². The van der Waals surface area contributed by atoms with E-state index in [2.05, 4.69) is 41.4 Å². The van der Waals surface area contributed by atoms with Crippen molar-refractivity contribution in [2.75, 3.05) is 27.2 Å². The van der Waals surface area contributed by atoms with E-state index < -0.39 is 5.41 Å². The molecule has 0 unspecified atom stereocenters. The zero-order valence-corrected chi connectivity index (χ0v) is 18.7. The number of carbonyl (C=O) groups is 2.